The number of amides is 1. The fourth-order valence-electron chi connectivity index (χ4n) is 3.84. The second-order valence-corrected chi connectivity index (χ2v) is 8.04. The van der Waals surface area contributed by atoms with E-state index in [2.05, 4.69) is 48.3 Å². The first-order valence-corrected chi connectivity index (χ1v) is 10.3. The molecule has 3 rings (SSSR count). The van der Waals surface area contributed by atoms with E-state index >= 15 is 0 Å². The number of hydrogen-bond acceptors (Lipinski definition) is 2. The molecule has 3 nitrogen and oxygen atoms in total. The van der Waals surface area contributed by atoms with Crippen molar-refractivity contribution in [3.05, 3.63) is 64.7 Å². The lowest BCUT2D eigenvalue weighted by atomic mass is 9.98. The first-order chi connectivity index (χ1) is 13.0. The van der Waals surface area contributed by atoms with E-state index in [-0.39, 0.29) is 5.91 Å². The molecule has 0 aliphatic carbocycles. The Balaban J connectivity index is 1.68. The van der Waals surface area contributed by atoms with Gasteiger partial charge in [0, 0.05) is 17.8 Å². The summed E-state index contributed by atoms with van der Waals surface area (Å²) in [5, 5.41) is 3.14. The number of carbonyl (C=O) groups excluding carboxylic acids is 1. The van der Waals surface area contributed by atoms with Crippen LogP contribution in [0.3, 0.4) is 0 Å². The first-order valence-electron chi connectivity index (χ1n) is 10.3. The summed E-state index contributed by atoms with van der Waals surface area (Å²) in [6.45, 7) is 9.72. The van der Waals surface area contributed by atoms with Crippen LogP contribution in [-0.2, 0) is 6.54 Å². The van der Waals surface area contributed by atoms with Crippen molar-refractivity contribution in [2.75, 3.05) is 18.4 Å². The van der Waals surface area contributed by atoms with Gasteiger partial charge in [-0.1, -0.05) is 57.0 Å². The van der Waals surface area contributed by atoms with E-state index in [4.69, 9.17) is 0 Å². The van der Waals surface area contributed by atoms with E-state index in [1.165, 1.54) is 49.9 Å². The van der Waals surface area contributed by atoms with Crippen LogP contribution < -0.4 is 5.32 Å². The number of para-hydroxylation sites is 1. The quantitative estimate of drug-likeness (QED) is 0.733. The maximum atomic E-state index is 12.8. The van der Waals surface area contributed by atoms with Crippen LogP contribution in [0.2, 0.25) is 0 Å². The summed E-state index contributed by atoms with van der Waals surface area (Å²) in [7, 11) is 0. The molecule has 0 atom stereocenters. The molecule has 2 aromatic rings. The standard InChI is InChI=1S/C24H32N2O/c1-18(2)22-10-8-9-19(3)23(22)25-24(27)21-13-11-20(12-14-21)17-26-15-6-4-5-7-16-26/h8-14,18H,4-7,15-17H2,1-3H3,(H,25,27). The zero-order valence-corrected chi connectivity index (χ0v) is 16.9. The molecule has 0 spiro atoms. The molecule has 1 fully saturated rings. The van der Waals surface area contributed by atoms with Crippen molar-refractivity contribution in [2.45, 2.75) is 58.9 Å². The molecule has 1 heterocycles. The number of carbonyl (C=O) groups is 1. The third kappa shape index (κ3) is 5.20. The van der Waals surface area contributed by atoms with Gasteiger partial charge in [0.15, 0.2) is 0 Å². The third-order valence-corrected chi connectivity index (χ3v) is 5.49. The van der Waals surface area contributed by atoms with Gasteiger partial charge in [-0.25, -0.2) is 0 Å². The van der Waals surface area contributed by atoms with Crippen molar-refractivity contribution in [1.82, 2.24) is 4.90 Å². The Morgan fingerprint density at radius 3 is 2.30 bits per heavy atom. The van der Waals surface area contributed by atoms with Crippen LogP contribution in [0.25, 0.3) is 0 Å². The molecule has 1 saturated heterocycles. The van der Waals surface area contributed by atoms with E-state index in [1.54, 1.807) is 0 Å². The lowest BCUT2D eigenvalue weighted by Gasteiger charge is -2.20. The summed E-state index contributed by atoms with van der Waals surface area (Å²) in [5.74, 6) is 0.337. The summed E-state index contributed by atoms with van der Waals surface area (Å²) in [6.07, 6.45) is 5.31. The fourth-order valence-corrected chi connectivity index (χ4v) is 3.84. The van der Waals surface area contributed by atoms with Crippen LogP contribution in [0.4, 0.5) is 5.69 Å². The number of likely N-dealkylation sites (tertiary alicyclic amines) is 1. The van der Waals surface area contributed by atoms with E-state index < -0.39 is 0 Å². The maximum Gasteiger partial charge on any atom is 0.255 e. The van der Waals surface area contributed by atoms with Gasteiger partial charge in [-0.3, -0.25) is 9.69 Å². The highest BCUT2D eigenvalue weighted by atomic mass is 16.1. The average molecular weight is 365 g/mol. The molecule has 0 bridgehead atoms. The number of nitrogens with one attached hydrogen (secondary N) is 1. The van der Waals surface area contributed by atoms with Crippen LogP contribution in [0, 0.1) is 6.92 Å². The molecular weight excluding hydrogens is 332 g/mol. The molecule has 0 saturated carbocycles. The molecule has 144 valence electrons. The number of aryl methyl sites for hydroxylation is 1. The van der Waals surface area contributed by atoms with Gasteiger partial charge in [0.1, 0.15) is 0 Å². The number of anilines is 1. The van der Waals surface area contributed by atoms with Crippen LogP contribution >= 0.6 is 0 Å². The molecule has 0 radical (unpaired) electrons. The molecule has 1 aliphatic heterocycles. The molecule has 27 heavy (non-hydrogen) atoms. The lowest BCUT2D eigenvalue weighted by molar-refractivity contribution is 0.102. The Morgan fingerprint density at radius 1 is 1.00 bits per heavy atom. The van der Waals surface area contributed by atoms with Gasteiger partial charge >= 0.3 is 0 Å². The maximum absolute atomic E-state index is 12.8. The second-order valence-electron chi connectivity index (χ2n) is 8.04. The normalized spacial score (nSPS) is 15.6. The Bertz CT molecular complexity index is 756. The minimum atomic E-state index is -0.0347. The molecular formula is C24H32N2O. The highest BCUT2D eigenvalue weighted by Crippen LogP contribution is 2.28. The lowest BCUT2D eigenvalue weighted by Crippen LogP contribution is -2.24. The summed E-state index contributed by atoms with van der Waals surface area (Å²) >= 11 is 0. The second kappa shape index (κ2) is 9.18. The largest absolute Gasteiger partial charge is 0.321 e. The number of nitrogens with zero attached hydrogens (tertiary/aromatic N) is 1. The molecule has 0 aromatic heterocycles. The minimum absolute atomic E-state index is 0.0347. The average Bonchev–Trinajstić information content (AvgIpc) is 2.92. The van der Waals surface area contributed by atoms with E-state index in [9.17, 15) is 4.79 Å². The Kier molecular flexibility index (Phi) is 6.68. The first kappa shape index (κ1) is 19.6. The van der Waals surface area contributed by atoms with Crippen molar-refractivity contribution >= 4 is 11.6 Å². The highest BCUT2D eigenvalue weighted by Gasteiger charge is 2.14. The smallest absolute Gasteiger partial charge is 0.255 e. The molecule has 1 amide bonds. The molecule has 3 heteroatoms. The predicted molar refractivity (Wildman–Crippen MR) is 113 cm³/mol. The Morgan fingerprint density at radius 2 is 1.67 bits per heavy atom. The van der Waals surface area contributed by atoms with E-state index in [0.717, 1.165) is 17.8 Å². The minimum Gasteiger partial charge on any atom is -0.321 e. The van der Waals surface area contributed by atoms with Gasteiger partial charge in [-0.15, -0.1) is 0 Å². The van der Waals surface area contributed by atoms with Crippen molar-refractivity contribution in [2.24, 2.45) is 0 Å². The van der Waals surface area contributed by atoms with E-state index in [0.29, 0.717) is 11.5 Å². The van der Waals surface area contributed by atoms with Gasteiger partial charge in [0.2, 0.25) is 0 Å². The summed E-state index contributed by atoms with van der Waals surface area (Å²) in [5.41, 5.74) is 5.24. The number of hydrogen-bond donors (Lipinski definition) is 1. The predicted octanol–water partition coefficient (Wildman–Crippen LogP) is 5.75. The van der Waals surface area contributed by atoms with Gasteiger partial charge in [0.25, 0.3) is 5.91 Å². The van der Waals surface area contributed by atoms with Crippen molar-refractivity contribution in [1.29, 1.82) is 0 Å². The highest BCUT2D eigenvalue weighted by molar-refractivity contribution is 6.05. The number of rotatable bonds is 5. The zero-order valence-electron chi connectivity index (χ0n) is 16.9. The zero-order chi connectivity index (χ0) is 19.2. The van der Waals surface area contributed by atoms with Gasteiger partial charge < -0.3 is 5.32 Å². The molecule has 0 unspecified atom stereocenters. The summed E-state index contributed by atoms with van der Waals surface area (Å²) < 4.78 is 0. The van der Waals surface area contributed by atoms with Crippen LogP contribution in [0.15, 0.2) is 42.5 Å². The number of benzene rings is 2. The molecule has 2 aromatic carbocycles. The van der Waals surface area contributed by atoms with Crippen molar-refractivity contribution < 1.29 is 4.79 Å². The summed E-state index contributed by atoms with van der Waals surface area (Å²) in [6, 6.07) is 14.3. The van der Waals surface area contributed by atoms with Crippen LogP contribution in [0.5, 0.6) is 0 Å². The SMILES string of the molecule is Cc1cccc(C(C)C)c1NC(=O)c1ccc(CN2CCCCCC2)cc1. The van der Waals surface area contributed by atoms with Crippen molar-refractivity contribution in [3.8, 4) is 0 Å². The Labute approximate surface area is 163 Å². The molecule has 1 aliphatic rings. The van der Waals surface area contributed by atoms with Gasteiger partial charge in [-0.2, -0.15) is 0 Å². The summed E-state index contributed by atoms with van der Waals surface area (Å²) in [4.78, 5) is 15.3. The monoisotopic (exact) mass is 364 g/mol. The van der Waals surface area contributed by atoms with Crippen molar-refractivity contribution in [3.63, 3.8) is 0 Å². The Hall–Kier alpha value is -2.13. The van der Waals surface area contributed by atoms with Crippen LogP contribution in [-0.4, -0.2) is 23.9 Å². The van der Waals surface area contributed by atoms with E-state index in [1.807, 2.05) is 25.1 Å². The fraction of sp³-hybridized carbons (Fsp3) is 0.458. The van der Waals surface area contributed by atoms with Gasteiger partial charge in [-0.05, 0) is 67.6 Å². The third-order valence-electron chi connectivity index (χ3n) is 5.49. The van der Waals surface area contributed by atoms with Gasteiger partial charge in [0.05, 0.1) is 0 Å². The van der Waals surface area contributed by atoms with Crippen LogP contribution in [0.1, 0.15) is 72.5 Å². The topological polar surface area (TPSA) is 32.3 Å². The molecule has 1 N–H and O–H groups in total.